The number of hydrogen-bond acceptors (Lipinski definition) is 1. The summed E-state index contributed by atoms with van der Waals surface area (Å²) in [4.78, 5) is 2.42. The van der Waals surface area contributed by atoms with Crippen LogP contribution in [-0.4, -0.2) is 25.0 Å². The minimum atomic E-state index is 0.410. The highest BCUT2D eigenvalue weighted by atomic mass is 15.1. The van der Waals surface area contributed by atoms with E-state index in [-0.39, 0.29) is 0 Å². The summed E-state index contributed by atoms with van der Waals surface area (Å²) in [5.41, 5.74) is 1.92. The summed E-state index contributed by atoms with van der Waals surface area (Å²) >= 11 is 0. The lowest BCUT2D eigenvalue weighted by Crippen LogP contribution is -2.38. The maximum Gasteiger partial charge on any atom is -0.00134 e. The van der Waals surface area contributed by atoms with Crippen LogP contribution in [0.4, 0.5) is 0 Å². The highest BCUT2D eigenvalue weighted by molar-refractivity contribution is 5.25. The normalized spacial score (nSPS) is 17.9. The third-order valence-electron chi connectivity index (χ3n) is 3.56. The molecular formula is C17H31N. The van der Waals surface area contributed by atoms with Crippen LogP contribution in [0, 0.1) is 0 Å². The smallest absolute Gasteiger partial charge is 0.00134 e. The monoisotopic (exact) mass is 249 g/mol. The Morgan fingerprint density at radius 3 is 1.78 bits per heavy atom. The number of hydrogen-bond donors (Lipinski definition) is 0. The van der Waals surface area contributed by atoms with Crippen LogP contribution in [0.3, 0.4) is 0 Å². The van der Waals surface area contributed by atoms with Crippen molar-refractivity contribution in [3.8, 4) is 0 Å². The first kappa shape index (κ1) is 17.2. The van der Waals surface area contributed by atoms with Crippen LogP contribution in [0.5, 0.6) is 0 Å². The summed E-state index contributed by atoms with van der Waals surface area (Å²) in [7, 11) is 2.21. The van der Waals surface area contributed by atoms with Crippen LogP contribution in [0.25, 0.3) is 0 Å². The van der Waals surface area contributed by atoms with E-state index < -0.39 is 0 Å². The van der Waals surface area contributed by atoms with Gasteiger partial charge in [0.25, 0.3) is 0 Å². The molecular weight excluding hydrogens is 218 g/mol. The van der Waals surface area contributed by atoms with Crippen molar-refractivity contribution in [3.63, 3.8) is 0 Å². The SMILES string of the molecule is CC.CC.CN1CCC(C)(c2ccccc2)CC1. The minimum absolute atomic E-state index is 0.410. The van der Waals surface area contributed by atoms with E-state index in [1.807, 2.05) is 27.7 Å². The number of rotatable bonds is 1. The van der Waals surface area contributed by atoms with Crippen LogP contribution in [0.15, 0.2) is 30.3 Å². The maximum absolute atomic E-state index is 2.42. The summed E-state index contributed by atoms with van der Waals surface area (Å²) in [6, 6.07) is 10.9. The summed E-state index contributed by atoms with van der Waals surface area (Å²) < 4.78 is 0. The Bertz CT molecular complexity index is 284. The van der Waals surface area contributed by atoms with Gasteiger partial charge in [0.2, 0.25) is 0 Å². The van der Waals surface area contributed by atoms with E-state index in [9.17, 15) is 0 Å². The molecule has 0 amide bonds. The molecule has 1 saturated heterocycles. The Morgan fingerprint density at radius 1 is 0.889 bits per heavy atom. The molecule has 0 spiro atoms. The molecule has 1 heteroatoms. The number of likely N-dealkylation sites (tertiary alicyclic amines) is 1. The predicted octanol–water partition coefficient (Wildman–Crippen LogP) is 4.72. The van der Waals surface area contributed by atoms with E-state index in [0.717, 1.165) is 0 Å². The Kier molecular flexibility index (Phi) is 8.74. The fourth-order valence-electron chi connectivity index (χ4n) is 2.24. The minimum Gasteiger partial charge on any atom is -0.306 e. The van der Waals surface area contributed by atoms with Crippen LogP contribution in [0.1, 0.15) is 53.0 Å². The van der Waals surface area contributed by atoms with Crippen molar-refractivity contribution in [2.75, 3.05) is 20.1 Å². The Balaban J connectivity index is 0.000000659. The van der Waals surface area contributed by atoms with Crippen LogP contribution in [0.2, 0.25) is 0 Å². The highest BCUT2D eigenvalue weighted by Gasteiger charge is 2.29. The molecule has 104 valence electrons. The van der Waals surface area contributed by atoms with Gasteiger partial charge in [-0.1, -0.05) is 65.0 Å². The molecule has 2 rings (SSSR count). The molecule has 0 saturated carbocycles. The standard InChI is InChI=1S/C13H19N.2C2H6/c1-13(8-10-14(2)11-9-13)12-6-4-3-5-7-12;2*1-2/h3-7H,8-11H2,1-2H3;2*1-2H3. The first-order valence-corrected chi connectivity index (χ1v) is 7.45. The van der Waals surface area contributed by atoms with Gasteiger partial charge in [0.1, 0.15) is 0 Å². The number of benzene rings is 1. The average Bonchev–Trinajstić information content (AvgIpc) is 2.48. The third kappa shape index (κ3) is 4.81. The Labute approximate surface area is 114 Å². The molecule has 1 aliphatic heterocycles. The van der Waals surface area contributed by atoms with E-state index in [2.05, 4.69) is 49.2 Å². The zero-order valence-electron chi connectivity index (χ0n) is 13.2. The second kappa shape index (κ2) is 9.16. The molecule has 0 aromatic heterocycles. The van der Waals surface area contributed by atoms with Gasteiger partial charge in [0.05, 0.1) is 0 Å². The zero-order chi connectivity index (χ0) is 14.0. The van der Waals surface area contributed by atoms with E-state index >= 15 is 0 Å². The molecule has 0 bridgehead atoms. The van der Waals surface area contributed by atoms with Crippen molar-refractivity contribution in [1.29, 1.82) is 0 Å². The van der Waals surface area contributed by atoms with Gasteiger partial charge in [-0.05, 0) is 44.0 Å². The predicted molar refractivity (Wildman–Crippen MR) is 83.2 cm³/mol. The first-order chi connectivity index (χ1) is 8.71. The topological polar surface area (TPSA) is 3.24 Å². The lowest BCUT2D eigenvalue weighted by molar-refractivity contribution is 0.200. The zero-order valence-corrected chi connectivity index (χ0v) is 13.2. The van der Waals surface area contributed by atoms with Crippen molar-refractivity contribution >= 4 is 0 Å². The van der Waals surface area contributed by atoms with Crippen LogP contribution in [-0.2, 0) is 5.41 Å². The molecule has 0 radical (unpaired) electrons. The van der Waals surface area contributed by atoms with Crippen molar-refractivity contribution in [2.45, 2.75) is 52.9 Å². The van der Waals surface area contributed by atoms with E-state index in [0.29, 0.717) is 5.41 Å². The van der Waals surface area contributed by atoms with E-state index in [1.165, 1.54) is 31.5 Å². The molecule has 1 aliphatic rings. The largest absolute Gasteiger partial charge is 0.306 e. The van der Waals surface area contributed by atoms with Gasteiger partial charge in [-0.25, -0.2) is 0 Å². The van der Waals surface area contributed by atoms with Gasteiger partial charge in [-0.15, -0.1) is 0 Å². The van der Waals surface area contributed by atoms with Gasteiger partial charge in [0, 0.05) is 0 Å². The van der Waals surface area contributed by atoms with Gasteiger partial charge >= 0.3 is 0 Å². The molecule has 0 atom stereocenters. The van der Waals surface area contributed by atoms with Crippen LogP contribution >= 0.6 is 0 Å². The van der Waals surface area contributed by atoms with Crippen molar-refractivity contribution in [2.24, 2.45) is 0 Å². The van der Waals surface area contributed by atoms with Gasteiger partial charge in [0.15, 0.2) is 0 Å². The molecule has 1 heterocycles. The number of nitrogens with zero attached hydrogens (tertiary/aromatic N) is 1. The van der Waals surface area contributed by atoms with Gasteiger partial charge in [-0.3, -0.25) is 0 Å². The first-order valence-electron chi connectivity index (χ1n) is 7.45. The molecule has 1 aromatic rings. The molecule has 1 aromatic carbocycles. The second-order valence-corrected chi connectivity index (χ2v) is 4.73. The Hall–Kier alpha value is -0.820. The van der Waals surface area contributed by atoms with Gasteiger partial charge in [-0.2, -0.15) is 0 Å². The molecule has 18 heavy (non-hydrogen) atoms. The molecule has 1 fully saturated rings. The summed E-state index contributed by atoms with van der Waals surface area (Å²) in [5.74, 6) is 0. The summed E-state index contributed by atoms with van der Waals surface area (Å²) in [6.45, 7) is 12.9. The Morgan fingerprint density at radius 2 is 1.33 bits per heavy atom. The summed E-state index contributed by atoms with van der Waals surface area (Å²) in [6.07, 6.45) is 2.57. The summed E-state index contributed by atoms with van der Waals surface area (Å²) in [5, 5.41) is 0. The quantitative estimate of drug-likeness (QED) is 0.696. The van der Waals surface area contributed by atoms with Crippen molar-refractivity contribution in [3.05, 3.63) is 35.9 Å². The third-order valence-corrected chi connectivity index (χ3v) is 3.56. The molecule has 0 unspecified atom stereocenters. The van der Waals surface area contributed by atoms with Crippen molar-refractivity contribution in [1.82, 2.24) is 4.90 Å². The molecule has 0 aliphatic carbocycles. The van der Waals surface area contributed by atoms with Gasteiger partial charge < -0.3 is 4.90 Å². The van der Waals surface area contributed by atoms with E-state index in [1.54, 1.807) is 0 Å². The highest BCUT2D eigenvalue weighted by Crippen LogP contribution is 2.34. The fourth-order valence-corrected chi connectivity index (χ4v) is 2.24. The lowest BCUT2D eigenvalue weighted by atomic mass is 9.75. The van der Waals surface area contributed by atoms with E-state index in [4.69, 9.17) is 0 Å². The number of piperidine rings is 1. The lowest BCUT2D eigenvalue weighted by Gasteiger charge is -2.38. The molecule has 0 N–H and O–H groups in total. The maximum atomic E-state index is 2.42. The van der Waals surface area contributed by atoms with Crippen LogP contribution < -0.4 is 0 Å². The second-order valence-electron chi connectivity index (χ2n) is 4.73. The fraction of sp³-hybridized carbons (Fsp3) is 0.647. The van der Waals surface area contributed by atoms with Crippen molar-refractivity contribution < 1.29 is 0 Å². The average molecular weight is 249 g/mol. The molecule has 1 nitrogen and oxygen atoms in total.